The van der Waals surface area contributed by atoms with Crippen molar-refractivity contribution in [2.75, 3.05) is 20.3 Å². The summed E-state index contributed by atoms with van der Waals surface area (Å²) in [5.41, 5.74) is 5.98. The molecule has 8 heteroatoms. The van der Waals surface area contributed by atoms with Gasteiger partial charge in [0.25, 0.3) is 0 Å². The van der Waals surface area contributed by atoms with E-state index in [9.17, 15) is 0 Å². The topological polar surface area (TPSA) is 90.2 Å². The molecule has 0 unspecified atom stereocenters. The fourth-order valence-corrected chi connectivity index (χ4v) is 3.29. The highest BCUT2D eigenvalue weighted by atomic mass is 16.5. The van der Waals surface area contributed by atoms with Crippen LogP contribution in [0.3, 0.4) is 0 Å². The molecule has 0 aromatic carbocycles. The molecule has 0 bridgehead atoms. The first kappa shape index (κ1) is 16.5. The number of rotatable bonds is 5. The van der Waals surface area contributed by atoms with Crippen LogP contribution in [-0.4, -0.2) is 52.0 Å². The lowest BCUT2D eigenvalue weighted by molar-refractivity contribution is 0.145. The van der Waals surface area contributed by atoms with Gasteiger partial charge in [0.05, 0.1) is 56.3 Å². The summed E-state index contributed by atoms with van der Waals surface area (Å²) in [5, 5.41) is 11.8. The lowest BCUT2D eigenvalue weighted by Crippen LogP contribution is -2.07. The van der Waals surface area contributed by atoms with Gasteiger partial charge in [0.2, 0.25) is 5.88 Å². The molecule has 8 nitrogen and oxygen atoms in total. The van der Waals surface area contributed by atoms with Crippen molar-refractivity contribution < 1.29 is 9.47 Å². The van der Waals surface area contributed by atoms with Gasteiger partial charge in [0.15, 0.2) is 0 Å². The number of hydrogen-bond acceptors (Lipinski definition) is 6. The Morgan fingerprint density at radius 3 is 3.00 bits per heavy atom. The van der Waals surface area contributed by atoms with Crippen LogP contribution in [0, 0.1) is 0 Å². The van der Waals surface area contributed by atoms with Crippen LogP contribution in [0.5, 0.6) is 5.88 Å². The predicted molar refractivity (Wildman–Crippen MR) is 97.0 cm³/mol. The molecule has 4 rings (SSSR count). The Bertz CT molecular complexity index is 916. The molecule has 0 saturated heterocycles. The molecular formula is C18H20N6O2. The number of pyridine rings is 1. The predicted octanol–water partition coefficient (Wildman–Crippen LogP) is 1.98. The van der Waals surface area contributed by atoms with Gasteiger partial charge in [-0.1, -0.05) is 0 Å². The molecule has 0 radical (unpaired) electrons. The second-order valence-electron chi connectivity index (χ2n) is 6.03. The van der Waals surface area contributed by atoms with Gasteiger partial charge in [-0.3, -0.25) is 10.1 Å². The van der Waals surface area contributed by atoms with Crippen molar-refractivity contribution in [1.82, 2.24) is 25.0 Å². The second-order valence-corrected chi connectivity index (χ2v) is 6.03. The number of nitrogens with zero attached hydrogens (tertiary/aromatic N) is 5. The Kier molecular flexibility index (Phi) is 4.49. The molecule has 0 atom stereocenters. The van der Waals surface area contributed by atoms with Crippen LogP contribution in [-0.2, 0) is 24.1 Å². The van der Waals surface area contributed by atoms with Gasteiger partial charge in [-0.25, -0.2) is 9.67 Å². The van der Waals surface area contributed by atoms with E-state index in [-0.39, 0.29) is 0 Å². The van der Waals surface area contributed by atoms with E-state index in [4.69, 9.17) is 14.6 Å². The van der Waals surface area contributed by atoms with Gasteiger partial charge in [-0.15, -0.1) is 0 Å². The van der Waals surface area contributed by atoms with Crippen molar-refractivity contribution in [2.45, 2.75) is 19.4 Å². The number of aromatic amines is 1. The molecule has 0 aliphatic carbocycles. The Labute approximate surface area is 150 Å². The molecule has 0 saturated carbocycles. The molecule has 0 amide bonds. The maximum absolute atomic E-state index is 5.67. The lowest BCUT2D eigenvalue weighted by atomic mass is 10.1. The number of hydrogen-bond donors (Lipinski definition) is 1. The van der Waals surface area contributed by atoms with E-state index in [1.165, 1.54) is 5.56 Å². The number of ether oxygens (including phenoxy) is 2. The molecule has 0 spiro atoms. The van der Waals surface area contributed by atoms with Crippen LogP contribution in [0.1, 0.15) is 16.8 Å². The normalized spacial score (nSPS) is 13.9. The highest BCUT2D eigenvalue weighted by Gasteiger charge is 2.23. The first-order chi connectivity index (χ1) is 12.8. The molecule has 0 fully saturated rings. The number of nitrogens with one attached hydrogen (secondary N) is 1. The van der Waals surface area contributed by atoms with Crippen molar-refractivity contribution in [3.63, 3.8) is 0 Å². The standard InChI is InChI=1S/C18H20N6O2/c1-19-8-12-7-14(11-20-18(12)25-2)24-16-4-6-26-5-3-15(16)17(23-24)13-9-21-22-10-13/h7,9-11H,1,3-6,8H2,2H3,(H,21,22). The van der Waals surface area contributed by atoms with Gasteiger partial charge in [0, 0.05) is 29.3 Å². The Morgan fingerprint density at radius 2 is 2.23 bits per heavy atom. The average Bonchev–Trinajstić information content (AvgIpc) is 3.24. The maximum atomic E-state index is 5.67. The van der Waals surface area contributed by atoms with E-state index in [1.807, 2.05) is 16.9 Å². The van der Waals surface area contributed by atoms with Crippen LogP contribution >= 0.6 is 0 Å². The molecule has 3 aromatic rings. The third kappa shape index (κ3) is 2.88. The van der Waals surface area contributed by atoms with Crippen molar-refractivity contribution in [3.8, 4) is 22.8 Å². The lowest BCUT2D eigenvalue weighted by Gasteiger charge is -2.10. The molecule has 1 N–H and O–H groups in total. The van der Waals surface area contributed by atoms with Crippen LogP contribution in [0.4, 0.5) is 0 Å². The van der Waals surface area contributed by atoms with E-state index >= 15 is 0 Å². The Hall–Kier alpha value is -3.00. The molecule has 3 aromatic heterocycles. The third-order valence-corrected chi connectivity index (χ3v) is 4.47. The fourth-order valence-electron chi connectivity index (χ4n) is 3.29. The van der Waals surface area contributed by atoms with Gasteiger partial charge >= 0.3 is 0 Å². The van der Waals surface area contributed by atoms with Crippen LogP contribution in [0.25, 0.3) is 16.9 Å². The zero-order chi connectivity index (χ0) is 17.9. The zero-order valence-electron chi connectivity index (χ0n) is 14.6. The van der Waals surface area contributed by atoms with E-state index in [2.05, 4.69) is 26.9 Å². The number of fused-ring (bicyclic) bond motifs is 1. The minimum Gasteiger partial charge on any atom is -0.481 e. The highest BCUT2D eigenvalue weighted by Crippen LogP contribution is 2.30. The summed E-state index contributed by atoms with van der Waals surface area (Å²) in [7, 11) is 1.60. The smallest absolute Gasteiger partial charge is 0.218 e. The van der Waals surface area contributed by atoms with Gasteiger partial charge < -0.3 is 9.47 Å². The summed E-state index contributed by atoms with van der Waals surface area (Å²) >= 11 is 0. The zero-order valence-corrected chi connectivity index (χ0v) is 14.6. The number of methoxy groups -OCH3 is 1. The molecule has 4 heterocycles. The summed E-state index contributed by atoms with van der Waals surface area (Å²) in [4.78, 5) is 8.38. The summed E-state index contributed by atoms with van der Waals surface area (Å²) in [5.74, 6) is 0.554. The van der Waals surface area contributed by atoms with Crippen LogP contribution < -0.4 is 4.74 Å². The molecule has 134 valence electrons. The summed E-state index contributed by atoms with van der Waals surface area (Å²) < 4.78 is 12.9. The minimum absolute atomic E-state index is 0.436. The first-order valence-corrected chi connectivity index (χ1v) is 8.45. The maximum Gasteiger partial charge on any atom is 0.218 e. The largest absolute Gasteiger partial charge is 0.481 e. The van der Waals surface area contributed by atoms with Crippen LogP contribution in [0.15, 0.2) is 29.6 Å². The second kappa shape index (κ2) is 7.09. The summed E-state index contributed by atoms with van der Waals surface area (Å²) in [6, 6.07) is 2.00. The van der Waals surface area contributed by atoms with Crippen molar-refractivity contribution >= 4 is 6.72 Å². The third-order valence-electron chi connectivity index (χ3n) is 4.47. The quantitative estimate of drug-likeness (QED) is 0.709. The summed E-state index contributed by atoms with van der Waals surface area (Å²) in [6.07, 6.45) is 7.03. The SMILES string of the molecule is C=NCc1cc(-n2nc(-c3cn[nH]c3)c3c2CCOCC3)cnc1OC. The van der Waals surface area contributed by atoms with E-state index in [0.717, 1.165) is 41.0 Å². The van der Waals surface area contributed by atoms with E-state index < -0.39 is 0 Å². The van der Waals surface area contributed by atoms with Crippen molar-refractivity contribution in [2.24, 2.45) is 4.99 Å². The first-order valence-electron chi connectivity index (χ1n) is 8.45. The fraction of sp³-hybridized carbons (Fsp3) is 0.333. The average molecular weight is 352 g/mol. The highest BCUT2D eigenvalue weighted by molar-refractivity contribution is 5.64. The number of aromatic nitrogens is 5. The molecule has 26 heavy (non-hydrogen) atoms. The van der Waals surface area contributed by atoms with Gasteiger partial charge in [-0.2, -0.15) is 10.2 Å². The number of H-pyrrole nitrogens is 1. The van der Waals surface area contributed by atoms with Crippen molar-refractivity contribution in [1.29, 1.82) is 0 Å². The Morgan fingerprint density at radius 1 is 1.35 bits per heavy atom. The van der Waals surface area contributed by atoms with Crippen molar-refractivity contribution in [3.05, 3.63) is 41.5 Å². The minimum atomic E-state index is 0.436. The Balaban J connectivity index is 1.86. The molecular weight excluding hydrogens is 332 g/mol. The summed E-state index contributed by atoms with van der Waals surface area (Å²) in [6.45, 7) is 5.37. The van der Waals surface area contributed by atoms with Gasteiger partial charge in [0.1, 0.15) is 0 Å². The van der Waals surface area contributed by atoms with Crippen LogP contribution in [0.2, 0.25) is 0 Å². The van der Waals surface area contributed by atoms with E-state index in [0.29, 0.717) is 25.6 Å². The monoisotopic (exact) mass is 352 g/mol. The number of aliphatic imine (C=N–C) groups is 1. The molecule has 1 aliphatic heterocycles. The van der Waals surface area contributed by atoms with Gasteiger partial charge in [-0.05, 0) is 19.2 Å². The molecule has 1 aliphatic rings. The van der Waals surface area contributed by atoms with E-state index in [1.54, 1.807) is 19.5 Å².